The van der Waals surface area contributed by atoms with E-state index in [2.05, 4.69) is 4.74 Å². The number of aliphatic hydroxyl groups is 1. The minimum atomic E-state index is -0.573. The average molecular weight is 265 g/mol. The van der Waals surface area contributed by atoms with E-state index >= 15 is 0 Å². The molecule has 0 amide bonds. The van der Waals surface area contributed by atoms with Gasteiger partial charge in [-0.2, -0.15) is 11.8 Å². The largest absolute Gasteiger partial charge is 0.468 e. The maximum absolute atomic E-state index is 11.0. The highest BCUT2D eigenvalue weighted by molar-refractivity contribution is 7.99. The van der Waals surface area contributed by atoms with Gasteiger partial charge in [0.15, 0.2) is 0 Å². The predicted molar refractivity (Wildman–Crippen MR) is 69.0 cm³/mol. The molecule has 102 valence electrons. The van der Waals surface area contributed by atoms with E-state index < -0.39 is 18.1 Å². The Morgan fingerprint density at radius 3 is 2.65 bits per heavy atom. The van der Waals surface area contributed by atoms with Crippen molar-refractivity contribution in [2.24, 2.45) is 5.73 Å². The van der Waals surface area contributed by atoms with Crippen molar-refractivity contribution in [2.75, 3.05) is 25.2 Å². The molecule has 17 heavy (non-hydrogen) atoms. The number of hydrogen-bond donors (Lipinski definition) is 2. The normalized spacial score (nSPS) is 14.7. The number of hydrogen-bond acceptors (Lipinski definition) is 6. The van der Waals surface area contributed by atoms with Crippen molar-refractivity contribution in [3.63, 3.8) is 0 Å². The van der Waals surface area contributed by atoms with Gasteiger partial charge < -0.3 is 20.3 Å². The molecule has 0 bridgehead atoms. The molecule has 0 aromatic carbocycles. The lowest BCUT2D eigenvalue weighted by molar-refractivity contribution is -0.142. The summed E-state index contributed by atoms with van der Waals surface area (Å²) in [6.07, 6.45) is 0.203. The Labute approximate surface area is 107 Å². The van der Waals surface area contributed by atoms with Gasteiger partial charge in [-0.1, -0.05) is 0 Å². The number of thioether (sulfide) groups is 1. The fraction of sp³-hybridized carbons (Fsp3) is 0.909. The van der Waals surface area contributed by atoms with E-state index in [0.717, 1.165) is 5.75 Å². The molecule has 0 saturated carbocycles. The standard InChI is InChI=1S/C11H23NO4S/c1-8(2)16-6-9(13)7-17-5-4-10(12)11(14)15-3/h8-10,13H,4-7,12H2,1-3H3. The monoisotopic (exact) mass is 265 g/mol. The molecule has 0 aromatic heterocycles. The molecule has 2 atom stereocenters. The van der Waals surface area contributed by atoms with Crippen LogP contribution in [-0.4, -0.2) is 54.5 Å². The Balaban J connectivity index is 3.47. The van der Waals surface area contributed by atoms with Gasteiger partial charge >= 0.3 is 5.97 Å². The number of esters is 1. The van der Waals surface area contributed by atoms with E-state index in [9.17, 15) is 9.90 Å². The number of carbonyl (C=O) groups excluding carboxylic acids is 1. The van der Waals surface area contributed by atoms with Crippen LogP contribution in [0.15, 0.2) is 0 Å². The molecule has 0 aliphatic heterocycles. The Morgan fingerprint density at radius 1 is 1.47 bits per heavy atom. The highest BCUT2D eigenvalue weighted by atomic mass is 32.2. The zero-order chi connectivity index (χ0) is 13.3. The Bertz CT molecular complexity index is 214. The Hall–Kier alpha value is -0.300. The average Bonchev–Trinajstić information content (AvgIpc) is 2.30. The second-order valence-electron chi connectivity index (χ2n) is 4.03. The van der Waals surface area contributed by atoms with Crippen molar-refractivity contribution in [2.45, 2.75) is 38.5 Å². The van der Waals surface area contributed by atoms with Crippen LogP contribution in [0.5, 0.6) is 0 Å². The third-order valence-electron chi connectivity index (χ3n) is 2.01. The summed E-state index contributed by atoms with van der Waals surface area (Å²) >= 11 is 1.55. The molecular formula is C11H23NO4S. The SMILES string of the molecule is COC(=O)C(N)CCSCC(O)COC(C)C. The first-order valence-electron chi connectivity index (χ1n) is 5.68. The zero-order valence-corrected chi connectivity index (χ0v) is 11.5. The van der Waals surface area contributed by atoms with Gasteiger partial charge in [0.25, 0.3) is 0 Å². The maximum atomic E-state index is 11.0. The molecule has 0 heterocycles. The van der Waals surface area contributed by atoms with E-state index in [1.54, 1.807) is 11.8 Å². The first-order valence-corrected chi connectivity index (χ1v) is 6.83. The van der Waals surface area contributed by atoms with Crippen molar-refractivity contribution in [3.8, 4) is 0 Å². The number of rotatable bonds is 9. The van der Waals surface area contributed by atoms with E-state index in [1.165, 1.54) is 7.11 Å². The quantitative estimate of drug-likeness (QED) is 0.464. The molecule has 0 spiro atoms. The van der Waals surface area contributed by atoms with Crippen LogP contribution in [0.2, 0.25) is 0 Å². The Kier molecular flexibility index (Phi) is 9.53. The van der Waals surface area contributed by atoms with Gasteiger partial charge in [0.2, 0.25) is 0 Å². The fourth-order valence-electron chi connectivity index (χ4n) is 1.05. The minimum absolute atomic E-state index is 0.127. The van der Waals surface area contributed by atoms with Gasteiger partial charge in [0.05, 0.1) is 25.9 Å². The molecule has 5 nitrogen and oxygen atoms in total. The van der Waals surface area contributed by atoms with E-state index in [1.807, 2.05) is 13.8 Å². The second kappa shape index (κ2) is 9.70. The summed E-state index contributed by atoms with van der Waals surface area (Å²) in [5, 5.41) is 9.55. The molecule has 0 aliphatic rings. The summed E-state index contributed by atoms with van der Waals surface area (Å²) in [6, 6.07) is -0.573. The van der Waals surface area contributed by atoms with Gasteiger partial charge in [0.1, 0.15) is 6.04 Å². The molecule has 2 unspecified atom stereocenters. The zero-order valence-electron chi connectivity index (χ0n) is 10.7. The van der Waals surface area contributed by atoms with Crippen LogP contribution in [0.4, 0.5) is 0 Å². The van der Waals surface area contributed by atoms with Gasteiger partial charge in [-0.3, -0.25) is 4.79 Å². The summed E-state index contributed by atoms with van der Waals surface area (Å²) in [7, 11) is 1.32. The van der Waals surface area contributed by atoms with Crippen LogP contribution in [0.1, 0.15) is 20.3 Å². The number of aliphatic hydroxyl groups excluding tert-OH is 1. The number of methoxy groups -OCH3 is 1. The summed E-state index contributed by atoms with van der Waals surface area (Å²) < 4.78 is 9.79. The smallest absolute Gasteiger partial charge is 0.322 e. The minimum Gasteiger partial charge on any atom is -0.468 e. The maximum Gasteiger partial charge on any atom is 0.322 e. The summed E-state index contributed by atoms with van der Waals surface area (Å²) in [5.41, 5.74) is 5.57. The van der Waals surface area contributed by atoms with E-state index in [4.69, 9.17) is 10.5 Å². The summed E-state index contributed by atoms with van der Waals surface area (Å²) in [6.45, 7) is 4.19. The molecule has 0 saturated heterocycles. The lowest BCUT2D eigenvalue weighted by Gasteiger charge is -2.13. The highest BCUT2D eigenvalue weighted by Gasteiger charge is 2.13. The van der Waals surface area contributed by atoms with Gasteiger partial charge in [0, 0.05) is 5.75 Å². The first-order chi connectivity index (χ1) is 7.97. The fourth-order valence-corrected chi connectivity index (χ4v) is 2.01. The van der Waals surface area contributed by atoms with Crippen LogP contribution < -0.4 is 5.73 Å². The third-order valence-corrected chi connectivity index (χ3v) is 3.15. The molecule has 0 radical (unpaired) electrons. The number of ether oxygens (including phenoxy) is 2. The summed E-state index contributed by atoms with van der Waals surface area (Å²) in [4.78, 5) is 11.0. The molecule has 0 aliphatic carbocycles. The third kappa shape index (κ3) is 9.41. The van der Waals surface area contributed by atoms with Crippen LogP contribution in [0, 0.1) is 0 Å². The summed E-state index contributed by atoms with van der Waals surface area (Å²) in [5.74, 6) is 0.907. The lowest BCUT2D eigenvalue weighted by atomic mass is 10.2. The van der Waals surface area contributed by atoms with Crippen molar-refractivity contribution in [1.29, 1.82) is 0 Å². The van der Waals surface area contributed by atoms with E-state index in [-0.39, 0.29) is 6.10 Å². The van der Waals surface area contributed by atoms with Crippen molar-refractivity contribution < 1.29 is 19.4 Å². The van der Waals surface area contributed by atoms with Crippen molar-refractivity contribution in [3.05, 3.63) is 0 Å². The van der Waals surface area contributed by atoms with E-state index in [0.29, 0.717) is 18.8 Å². The van der Waals surface area contributed by atoms with Gasteiger partial charge in [-0.05, 0) is 26.0 Å². The van der Waals surface area contributed by atoms with Gasteiger partial charge in [-0.15, -0.1) is 0 Å². The molecule has 6 heteroatoms. The van der Waals surface area contributed by atoms with Crippen LogP contribution in [0.3, 0.4) is 0 Å². The van der Waals surface area contributed by atoms with Crippen LogP contribution in [0.25, 0.3) is 0 Å². The number of nitrogens with two attached hydrogens (primary N) is 1. The lowest BCUT2D eigenvalue weighted by Crippen LogP contribution is -2.32. The molecule has 0 fully saturated rings. The molecule has 3 N–H and O–H groups in total. The molecule has 0 aromatic rings. The second-order valence-corrected chi connectivity index (χ2v) is 5.18. The highest BCUT2D eigenvalue weighted by Crippen LogP contribution is 2.07. The van der Waals surface area contributed by atoms with Crippen molar-refractivity contribution >= 4 is 17.7 Å². The van der Waals surface area contributed by atoms with Gasteiger partial charge in [-0.25, -0.2) is 0 Å². The topological polar surface area (TPSA) is 81.8 Å². The van der Waals surface area contributed by atoms with Crippen LogP contribution in [-0.2, 0) is 14.3 Å². The first kappa shape index (κ1) is 16.7. The van der Waals surface area contributed by atoms with Crippen LogP contribution >= 0.6 is 11.8 Å². The Morgan fingerprint density at radius 2 is 2.12 bits per heavy atom. The number of carbonyl (C=O) groups is 1. The predicted octanol–water partition coefficient (Wildman–Crippen LogP) is 0.396. The van der Waals surface area contributed by atoms with Crippen molar-refractivity contribution in [1.82, 2.24) is 0 Å². The molecular weight excluding hydrogens is 242 g/mol. The molecule has 0 rings (SSSR count).